The molecule has 0 aliphatic rings. The first-order valence-electron chi connectivity index (χ1n) is 6.46. The summed E-state index contributed by atoms with van der Waals surface area (Å²) in [5.74, 6) is -0.159. The average Bonchev–Trinajstić information content (AvgIpc) is 2.89. The van der Waals surface area contributed by atoms with E-state index in [-0.39, 0.29) is 22.4 Å². The third-order valence-corrected chi connectivity index (χ3v) is 4.14. The van der Waals surface area contributed by atoms with E-state index in [4.69, 9.17) is 11.6 Å². The number of thioether (sulfide) groups is 1. The van der Waals surface area contributed by atoms with E-state index in [1.54, 1.807) is 24.7 Å². The highest BCUT2D eigenvalue weighted by Gasteiger charge is 2.19. The molecule has 0 spiro atoms. The van der Waals surface area contributed by atoms with Crippen molar-refractivity contribution in [2.45, 2.75) is 37.2 Å². The third kappa shape index (κ3) is 3.95. The van der Waals surface area contributed by atoms with Gasteiger partial charge in [0.2, 0.25) is 5.91 Å². The van der Waals surface area contributed by atoms with Crippen molar-refractivity contribution >= 4 is 35.0 Å². The molecule has 2 rings (SSSR count). The van der Waals surface area contributed by atoms with E-state index in [0.717, 1.165) is 0 Å². The summed E-state index contributed by atoms with van der Waals surface area (Å²) in [7, 11) is 0. The van der Waals surface area contributed by atoms with Crippen LogP contribution in [0.15, 0.2) is 29.8 Å². The van der Waals surface area contributed by atoms with Gasteiger partial charge in [-0.25, -0.2) is 4.98 Å². The van der Waals surface area contributed by atoms with Gasteiger partial charge >= 0.3 is 0 Å². The van der Waals surface area contributed by atoms with E-state index in [1.165, 1.54) is 11.8 Å². The van der Waals surface area contributed by atoms with Gasteiger partial charge in [-0.2, -0.15) is 0 Å². The molecule has 0 aliphatic carbocycles. The Balaban J connectivity index is 2.03. The number of nitrogens with one attached hydrogen (secondary N) is 1. The normalized spacial score (nSPS) is 12.4. The van der Waals surface area contributed by atoms with Gasteiger partial charge in [0, 0.05) is 12.2 Å². The molecule has 6 nitrogen and oxygen atoms in total. The summed E-state index contributed by atoms with van der Waals surface area (Å²) >= 11 is 7.28. The van der Waals surface area contributed by atoms with Gasteiger partial charge in [-0.3, -0.25) is 4.79 Å². The Labute approximate surface area is 132 Å². The molecule has 21 heavy (non-hydrogen) atoms. The summed E-state index contributed by atoms with van der Waals surface area (Å²) in [5, 5.41) is 11.3. The molecule has 0 aromatic carbocycles. The predicted octanol–water partition coefficient (Wildman–Crippen LogP) is 3.03. The fourth-order valence-corrected chi connectivity index (χ4v) is 2.72. The van der Waals surface area contributed by atoms with Gasteiger partial charge in [-0.15, -0.1) is 10.2 Å². The van der Waals surface area contributed by atoms with Crippen molar-refractivity contribution in [3.8, 4) is 0 Å². The molecule has 1 N–H and O–H groups in total. The highest BCUT2D eigenvalue weighted by atomic mass is 35.5. The number of aromatic nitrogens is 4. The maximum absolute atomic E-state index is 12.2. The third-order valence-electron chi connectivity index (χ3n) is 2.76. The lowest BCUT2D eigenvalue weighted by Gasteiger charge is -2.14. The van der Waals surface area contributed by atoms with Crippen LogP contribution in [0.3, 0.4) is 0 Å². The van der Waals surface area contributed by atoms with Gasteiger partial charge in [0.1, 0.15) is 6.33 Å². The van der Waals surface area contributed by atoms with Gasteiger partial charge < -0.3 is 9.88 Å². The minimum absolute atomic E-state index is 0.159. The highest BCUT2D eigenvalue weighted by molar-refractivity contribution is 8.00. The van der Waals surface area contributed by atoms with Gasteiger partial charge in [-0.1, -0.05) is 23.4 Å². The molecule has 1 unspecified atom stereocenters. The first-order valence-corrected chi connectivity index (χ1v) is 7.72. The Morgan fingerprint density at radius 3 is 2.86 bits per heavy atom. The van der Waals surface area contributed by atoms with Crippen LogP contribution in [0.1, 0.15) is 26.8 Å². The molecule has 1 amide bonds. The molecule has 2 aromatic rings. The van der Waals surface area contributed by atoms with Crippen LogP contribution < -0.4 is 5.32 Å². The second kappa shape index (κ2) is 6.91. The number of carbonyl (C=O) groups excluding carboxylic acids is 1. The zero-order chi connectivity index (χ0) is 15.4. The minimum Gasteiger partial charge on any atom is -0.322 e. The van der Waals surface area contributed by atoms with Crippen LogP contribution in [-0.2, 0) is 4.79 Å². The number of halogens is 1. The summed E-state index contributed by atoms with van der Waals surface area (Å²) in [6.45, 7) is 5.88. The van der Waals surface area contributed by atoms with Crippen molar-refractivity contribution in [3.63, 3.8) is 0 Å². The minimum atomic E-state index is -0.331. The molecule has 0 aliphatic heterocycles. The first kappa shape index (κ1) is 15.8. The van der Waals surface area contributed by atoms with E-state index >= 15 is 0 Å². The van der Waals surface area contributed by atoms with Gasteiger partial charge in [-0.05, 0) is 32.9 Å². The molecular weight excluding hydrogens is 310 g/mol. The Hall–Kier alpha value is -1.60. The molecule has 8 heteroatoms. The van der Waals surface area contributed by atoms with Crippen molar-refractivity contribution in [1.82, 2.24) is 19.7 Å². The Morgan fingerprint density at radius 2 is 2.19 bits per heavy atom. The zero-order valence-corrected chi connectivity index (χ0v) is 13.5. The first-order chi connectivity index (χ1) is 9.99. The maximum atomic E-state index is 12.2. The summed E-state index contributed by atoms with van der Waals surface area (Å²) in [5.41, 5.74) is 0.502. The number of carbonyl (C=O) groups is 1. The van der Waals surface area contributed by atoms with Gasteiger partial charge in [0.15, 0.2) is 10.3 Å². The van der Waals surface area contributed by atoms with E-state index in [0.29, 0.717) is 10.8 Å². The van der Waals surface area contributed by atoms with Crippen LogP contribution in [0, 0.1) is 0 Å². The monoisotopic (exact) mass is 325 g/mol. The number of nitrogens with zero attached hydrogens (tertiary/aromatic N) is 4. The quantitative estimate of drug-likeness (QED) is 0.675. The molecule has 1 atom stereocenters. The molecule has 2 aromatic heterocycles. The van der Waals surface area contributed by atoms with Crippen LogP contribution in [0.25, 0.3) is 0 Å². The SMILES string of the molecule is CC(Sc1nncn1C(C)C)C(=O)Nc1cccnc1Cl. The molecule has 0 saturated heterocycles. The lowest BCUT2D eigenvalue weighted by molar-refractivity contribution is -0.115. The van der Waals surface area contributed by atoms with Crippen LogP contribution in [-0.4, -0.2) is 30.9 Å². The Kier molecular flexibility index (Phi) is 5.19. The number of amides is 1. The zero-order valence-electron chi connectivity index (χ0n) is 11.9. The van der Waals surface area contributed by atoms with Crippen molar-refractivity contribution in [2.75, 3.05) is 5.32 Å². The highest BCUT2D eigenvalue weighted by Crippen LogP contribution is 2.25. The number of rotatable bonds is 5. The van der Waals surface area contributed by atoms with E-state index < -0.39 is 0 Å². The average molecular weight is 326 g/mol. The lowest BCUT2D eigenvalue weighted by Crippen LogP contribution is -2.23. The van der Waals surface area contributed by atoms with Crippen LogP contribution in [0.4, 0.5) is 5.69 Å². The number of pyridine rings is 1. The molecule has 0 bridgehead atoms. The predicted molar refractivity (Wildman–Crippen MR) is 83.6 cm³/mol. The molecular formula is C13H16ClN5OS. The standard InChI is InChI=1S/C13H16ClN5OS/c1-8(2)19-7-16-18-13(19)21-9(3)12(20)17-10-5-4-6-15-11(10)14/h4-9H,1-3H3,(H,17,20). The Morgan fingerprint density at radius 1 is 1.43 bits per heavy atom. The van der Waals surface area contributed by atoms with E-state index in [2.05, 4.69) is 20.5 Å². The van der Waals surface area contributed by atoms with Crippen molar-refractivity contribution in [3.05, 3.63) is 29.8 Å². The van der Waals surface area contributed by atoms with Crippen molar-refractivity contribution in [2.24, 2.45) is 0 Å². The summed E-state index contributed by atoms with van der Waals surface area (Å²) in [6.07, 6.45) is 3.23. The maximum Gasteiger partial charge on any atom is 0.237 e. The molecule has 0 saturated carbocycles. The number of hydrogen-bond donors (Lipinski definition) is 1. The largest absolute Gasteiger partial charge is 0.322 e. The number of anilines is 1. The van der Waals surface area contributed by atoms with Crippen molar-refractivity contribution < 1.29 is 4.79 Å². The van der Waals surface area contributed by atoms with Crippen molar-refractivity contribution in [1.29, 1.82) is 0 Å². The smallest absolute Gasteiger partial charge is 0.237 e. The second-order valence-corrected chi connectivity index (χ2v) is 6.37. The molecule has 2 heterocycles. The second-order valence-electron chi connectivity index (χ2n) is 4.71. The summed E-state index contributed by atoms with van der Waals surface area (Å²) < 4.78 is 1.92. The Bertz CT molecular complexity index is 631. The number of hydrogen-bond acceptors (Lipinski definition) is 5. The fraction of sp³-hybridized carbons (Fsp3) is 0.385. The topological polar surface area (TPSA) is 72.7 Å². The van der Waals surface area contributed by atoms with E-state index in [1.807, 2.05) is 25.3 Å². The van der Waals surface area contributed by atoms with Gasteiger partial charge in [0.25, 0.3) is 0 Å². The van der Waals surface area contributed by atoms with Crippen LogP contribution >= 0.6 is 23.4 Å². The molecule has 0 fully saturated rings. The van der Waals surface area contributed by atoms with Crippen LogP contribution in [0.5, 0.6) is 0 Å². The van der Waals surface area contributed by atoms with E-state index in [9.17, 15) is 4.79 Å². The lowest BCUT2D eigenvalue weighted by atomic mass is 10.4. The summed E-state index contributed by atoms with van der Waals surface area (Å²) in [4.78, 5) is 16.1. The van der Waals surface area contributed by atoms with Gasteiger partial charge in [0.05, 0.1) is 10.9 Å². The van der Waals surface area contributed by atoms with Crippen LogP contribution in [0.2, 0.25) is 5.15 Å². The molecule has 112 valence electrons. The summed E-state index contributed by atoms with van der Waals surface area (Å²) in [6, 6.07) is 3.67. The fourth-order valence-electron chi connectivity index (χ4n) is 1.60. The molecule has 0 radical (unpaired) electrons.